The van der Waals surface area contributed by atoms with Gasteiger partial charge in [0, 0.05) is 12.0 Å². The van der Waals surface area contributed by atoms with Gasteiger partial charge in [-0.25, -0.2) is 13.2 Å². The lowest BCUT2D eigenvalue weighted by molar-refractivity contribution is 0.0696. The molecule has 3 rings (SSSR count). The summed E-state index contributed by atoms with van der Waals surface area (Å²) in [6, 6.07) is 4.31. The van der Waals surface area contributed by atoms with Gasteiger partial charge in [-0.1, -0.05) is 6.07 Å². The van der Waals surface area contributed by atoms with E-state index in [1.807, 2.05) is 0 Å². The van der Waals surface area contributed by atoms with Crippen LogP contribution in [0.25, 0.3) is 5.57 Å². The Bertz CT molecular complexity index is 700. The standard InChI is InChI=1S/C14H15NO4S/c16-14(17)10-3-4-12-11(8-15-5-1-2-6-15)9-20(18,19)13(12)7-10/h3-4,7,9H,1-2,5-6,8H2,(H,16,17). The second kappa shape index (κ2) is 4.71. The monoisotopic (exact) mass is 293 g/mol. The molecule has 0 atom stereocenters. The van der Waals surface area contributed by atoms with Gasteiger partial charge >= 0.3 is 5.97 Å². The normalized spacial score (nSPS) is 20.7. The first-order chi connectivity index (χ1) is 9.47. The smallest absolute Gasteiger partial charge is 0.335 e. The Morgan fingerprint density at radius 1 is 1.25 bits per heavy atom. The molecule has 2 heterocycles. The summed E-state index contributed by atoms with van der Waals surface area (Å²) in [7, 11) is -3.50. The highest BCUT2D eigenvalue weighted by Crippen LogP contribution is 2.35. The first-order valence-electron chi connectivity index (χ1n) is 6.53. The lowest BCUT2D eigenvalue weighted by Crippen LogP contribution is -2.21. The van der Waals surface area contributed by atoms with E-state index in [-0.39, 0.29) is 10.5 Å². The summed E-state index contributed by atoms with van der Waals surface area (Å²) >= 11 is 0. The summed E-state index contributed by atoms with van der Waals surface area (Å²) in [6.45, 7) is 2.58. The van der Waals surface area contributed by atoms with Crippen molar-refractivity contribution in [3.63, 3.8) is 0 Å². The minimum atomic E-state index is -3.50. The Hall–Kier alpha value is -1.66. The summed E-state index contributed by atoms with van der Waals surface area (Å²) in [5.74, 6) is -1.11. The Kier molecular flexibility index (Phi) is 3.14. The van der Waals surface area contributed by atoms with E-state index in [2.05, 4.69) is 4.90 Å². The number of aromatic carboxylic acids is 1. The maximum absolute atomic E-state index is 12.1. The highest BCUT2D eigenvalue weighted by Gasteiger charge is 2.29. The molecule has 1 N–H and O–H groups in total. The predicted octanol–water partition coefficient (Wildman–Crippen LogP) is 1.61. The Morgan fingerprint density at radius 3 is 2.60 bits per heavy atom. The van der Waals surface area contributed by atoms with E-state index in [1.54, 1.807) is 6.07 Å². The highest BCUT2D eigenvalue weighted by atomic mass is 32.2. The summed E-state index contributed by atoms with van der Waals surface area (Å²) in [5.41, 5.74) is 1.41. The molecule has 0 unspecified atom stereocenters. The van der Waals surface area contributed by atoms with Gasteiger partial charge in [0.15, 0.2) is 0 Å². The van der Waals surface area contributed by atoms with Crippen molar-refractivity contribution in [2.75, 3.05) is 19.6 Å². The van der Waals surface area contributed by atoms with E-state index < -0.39 is 15.8 Å². The number of fused-ring (bicyclic) bond motifs is 1. The molecule has 5 nitrogen and oxygen atoms in total. The van der Waals surface area contributed by atoms with Gasteiger partial charge in [0.25, 0.3) is 0 Å². The zero-order chi connectivity index (χ0) is 14.3. The number of nitrogens with zero attached hydrogens (tertiary/aromatic N) is 1. The predicted molar refractivity (Wildman–Crippen MR) is 74.2 cm³/mol. The fraction of sp³-hybridized carbons (Fsp3) is 0.357. The van der Waals surface area contributed by atoms with Crippen molar-refractivity contribution in [1.29, 1.82) is 0 Å². The van der Waals surface area contributed by atoms with Gasteiger partial charge in [0.1, 0.15) is 0 Å². The van der Waals surface area contributed by atoms with Crippen molar-refractivity contribution in [2.45, 2.75) is 17.7 Å². The molecule has 1 fully saturated rings. The van der Waals surface area contributed by atoms with Crippen LogP contribution in [0.2, 0.25) is 0 Å². The number of carboxylic acids is 1. The van der Waals surface area contributed by atoms with E-state index in [0.29, 0.717) is 12.1 Å². The van der Waals surface area contributed by atoms with Gasteiger partial charge in [0.2, 0.25) is 9.84 Å². The molecule has 0 spiro atoms. The summed E-state index contributed by atoms with van der Waals surface area (Å²) < 4.78 is 24.2. The second-order valence-electron chi connectivity index (χ2n) is 5.19. The van der Waals surface area contributed by atoms with Gasteiger partial charge in [-0.3, -0.25) is 4.90 Å². The van der Waals surface area contributed by atoms with Crippen LogP contribution < -0.4 is 0 Å². The van der Waals surface area contributed by atoms with Crippen molar-refractivity contribution < 1.29 is 18.3 Å². The van der Waals surface area contributed by atoms with Crippen molar-refractivity contribution in [3.8, 4) is 0 Å². The van der Waals surface area contributed by atoms with Gasteiger partial charge in [-0.2, -0.15) is 0 Å². The third-order valence-electron chi connectivity index (χ3n) is 3.77. The molecular formula is C14H15NO4S. The maximum atomic E-state index is 12.1. The zero-order valence-electron chi connectivity index (χ0n) is 10.9. The lowest BCUT2D eigenvalue weighted by Gasteiger charge is -2.15. The molecule has 2 aliphatic heterocycles. The van der Waals surface area contributed by atoms with E-state index in [1.165, 1.54) is 17.5 Å². The number of carboxylic acid groups (broad SMARTS) is 1. The summed E-state index contributed by atoms with van der Waals surface area (Å²) in [6.07, 6.45) is 2.29. The maximum Gasteiger partial charge on any atom is 0.335 e. The third-order valence-corrected chi connectivity index (χ3v) is 5.32. The van der Waals surface area contributed by atoms with Crippen LogP contribution in [-0.2, 0) is 9.84 Å². The SMILES string of the molecule is O=C(O)c1ccc2c(c1)S(=O)(=O)C=C2CN1CCCC1. The fourth-order valence-electron chi connectivity index (χ4n) is 2.77. The van der Waals surface area contributed by atoms with Crippen molar-refractivity contribution >= 4 is 21.4 Å². The molecule has 106 valence electrons. The number of hydrogen-bond acceptors (Lipinski definition) is 4. The van der Waals surface area contributed by atoms with Crippen LogP contribution in [0, 0.1) is 0 Å². The first kappa shape index (κ1) is 13.3. The molecular weight excluding hydrogens is 278 g/mol. The molecule has 1 aromatic rings. The average molecular weight is 293 g/mol. The van der Waals surface area contributed by atoms with Crippen LogP contribution in [0.5, 0.6) is 0 Å². The second-order valence-corrected chi connectivity index (χ2v) is 6.95. The Morgan fingerprint density at radius 2 is 1.95 bits per heavy atom. The first-order valence-corrected chi connectivity index (χ1v) is 8.08. The molecule has 0 saturated carbocycles. The third kappa shape index (κ3) is 2.25. The lowest BCUT2D eigenvalue weighted by atomic mass is 10.1. The molecule has 0 radical (unpaired) electrons. The number of benzene rings is 1. The summed E-state index contributed by atoms with van der Waals surface area (Å²) in [4.78, 5) is 13.3. The van der Waals surface area contributed by atoms with Gasteiger partial charge in [-0.05, 0) is 49.2 Å². The molecule has 0 aliphatic carbocycles. The molecule has 1 saturated heterocycles. The van der Waals surface area contributed by atoms with Crippen LogP contribution in [0.3, 0.4) is 0 Å². The van der Waals surface area contributed by atoms with E-state index in [4.69, 9.17) is 5.11 Å². The zero-order valence-corrected chi connectivity index (χ0v) is 11.7. The molecule has 2 aliphatic rings. The largest absolute Gasteiger partial charge is 0.478 e. The van der Waals surface area contributed by atoms with E-state index in [9.17, 15) is 13.2 Å². The topological polar surface area (TPSA) is 74.7 Å². The molecule has 0 aromatic heterocycles. The van der Waals surface area contributed by atoms with E-state index in [0.717, 1.165) is 31.5 Å². The molecule has 0 bridgehead atoms. The van der Waals surface area contributed by atoms with Gasteiger partial charge in [0.05, 0.1) is 10.5 Å². The molecule has 20 heavy (non-hydrogen) atoms. The van der Waals surface area contributed by atoms with Gasteiger partial charge < -0.3 is 5.11 Å². The van der Waals surface area contributed by atoms with Crippen LogP contribution in [0.15, 0.2) is 28.5 Å². The van der Waals surface area contributed by atoms with Gasteiger partial charge in [-0.15, -0.1) is 0 Å². The number of sulfone groups is 1. The number of hydrogen-bond donors (Lipinski definition) is 1. The quantitative estimate of drug-likeness (QED) is 0.916. The van der Waals surface area contributed by atoms with Crippen LogP contribution in [0.4, 0.5) is 0 Å². The molecule has 1 aromatic carbocycles. The van der Waals surface area contributed by atoms with Crippen molar-refractivity contribution in [2.24, 2.45) is 0 Å². The minimum Gasteiger partial charge on any atom is -0.478 e. The fourth-order valence-corrected chi connectivity index (χ4v) is 4.27. The average Bonchev–Trinajstić information content (AvgIpc) is 2.97. The van der Waals surface area contributed by atoms with Crippen LogP contribution in [-0.4, -0.2) is 44.0 Å². The van der Waals surface area contributed by atoms with Crippen molar-refractivity contribution in [1.82, 2.24) is 4.90 Å². The van der Waals surface area contributed by atoms with Crippen LogP contribution in [0.1, 0.15) is 28.8 Å². The molecule has 6 heteroatoms. The number of likely N-dealkylation sites (tertiary alicyclic amines) is 1. The van der Waals surface area contributed by atoms with Crippen molar-refractivity contribution in [3.05, 3.63) is 34.7 Å². The Balaban J connectivity index is 1.99. The highest BCUT2D eigenvalue weighted by molar-refractivity contribution is 7.95. The van der Waals surface area contributed by atoms with Crippen LogP contribution >= 0.6 is 0 Å². The minimum absolute atomic E-state index is 0.00291. The Labute approximate surface area is 117 Å². The van der Waals surface area contributed by atoms with E-state index >= 15 is 0 Å². The summed E-state index contributed by atoms with van der Waals surface area (Å²) in [5, 5.41) is 10.2. The molecule has 0 amide bonds. The number of carbonyl (C=O) groups is 1. The number of rotatable bonds is 3.